The number of furan rings is 1. The van der Waals surface area contributed by atoms with Crippen LogP contribution in [0.2, 0.25) is 0 Å². The summed E-state index contributed by atoms with van der Waals surface area (Å²) in [4.78, 5) is 11.5. The minimum atomic E-state index is -0.515. The van der Waals surface area contributed by atoms with Crippen LogP contribution in [0.3, 0.4) is 0 Å². The van der Waals surface area contributed by atoms with Crippen molar-refractivity contribution < 1.29 is 19.1 Å². The number of rotatable bonds is 11. The number of hydrogen-bond acceptors (Lipinski definition) is 4. The van der Waals surface area contributed by atoms with Crippen molar-refractivity contribution >= 4 is 5.97 Å². The number of carbonyl (C=O) groups excluding carboxylic acids is 1. The highest BCUT2D eigenvalue weighted by molar-refractivity contribution is 5.91. The lowest BCUT2D eigenvalue weighted by molar-refractivity contribution is -0.140. The van der Waals surface area contributed by atoms with Crippen LogP contribution in [0.25, 0.3) is 0 Å². The highest BCUT2D eigenvalue weighted by atomic mass is 16.6. The number of aliphatic hydroxyl groups is 1. The third kappa shape index (κ3) is 7.80. The number of cyclic esters (lactones) is 1. The van der Waals surface area contributed by atoms with Gasteiger partial charge in [0.05, 0.1) is 18.1 Å². The van der Waals surface area contributed by atoms with Gasteiger partial charge in [-0.1, -0.05) is 34.9 Å². The maximum atomic E-state index is 11.5. The molecule has 1 aromatic rings. The highest BCUT2D eigenvalue weighted by Crippen LogP contribution is 2.25. The van der Waals surface area contributed by atoms with E-state index in [1.807, 2.05) is 19.3 Å². The monoisotopic (exact) mass is 398 g/mol. The van der Waals surface area contributed by atoms with Gasteiger partial charge in [0.25, 0.3) is 0 Å². The number of hydrogen-bond donors (Lipinski definition) is 1. The minimum Gasteiger partial charge on any atom is -0.508 e. The number of allylic oxidation sites excluding steroid dienone is 5. The van der Waals surface area contributed by atoms with Crippen molar-refractivity contribution in [1.29, 1.82) is 0 Å². The molecule has 1 N–H and O–H groups in total. The summed E-state index contributed by atoms with van der Waals surface area (Å²) in [6, 6.07) is 2.02. The zero-order valence-corrected chi connectivity index (χ0v) is 18.2. The van der Waals surface area contributed by atoms with Gasteiger partial charge in [-0.2, -0.15) is 0 Å². The molecule has 29 heavy (non-hydrogen) atoms. The van der Waals surface area contributed by atoms with E-state index >= 15 is 0 Å². The molecule has 2 rings (SSSR count). The number of aliphatic hydroxyl groups excluding tert-OH is 1. The first-order valence-corrected chi connectivity index (χ1v) is 10.5. The van der Waals surface area contributed by atoms with Crippen LogP contribution in [0.1, 0.15) is 71.8 Å². The van der Waals surface area contributed by atoms with Crippen LogP contribution in [-0.4, -0.2) is 17.2 Å². The Hall–Kier alpha value is -2.49. The van der Waals surface area contributed by atoms with E-state index in [4.69, 9.17) is 9.15 Å². The van der Waals surface area contributed by atoms with Crippen molar-refractivity contribution in [2.24, 2.45) is 0 Å². The fourth-order valence-electron chi connectivity index (χ4n) is 3.35. The molecule has 4 nitrogen and oxygen atoms in total. The van der Waals surface area contributed by atoms with Crippen molar-refractivity contribution in [3.05, 3.63) is 70.4 Å². The molecule has 0 aliphatic carbocycles. The molecule has 0 amide bonds. The molecule has 0 bridgehead atoms. The maximum absolute atomic E-state index is 11.5. The topological polar surface area (TPSA) is 59.7 Å². The summed E-state index contributed by atoms with van der Waals surface area (Å²) in [5.74, 6) is -0.336. The molecule has 158 valence electrons. The molecular formula is C25H34O4. The summed E-state index contributed by atoms with van der Waals surface area (Å²) in [7, 11) is 0. The van der Waals surface area contributed by atoms with Crippen LogP contribution >= 0.6 is 0 Å². The van der Waals surface area contributed by atoms with Gasteiger partial charge >= 0.3 is 5.97 Å². The fraction of sp³-hybridized carbons (Fsp3) is 0.480. The number of carbonyl (C=O) groups is 1. The van der Waals surface area contributed by atoms with Gasteiger partial charge in [-0.15, -0.1) is 0 Å². The third-order valence-corrected chi connectivity index (χ3v) is 5.32. The van der Waals surface area contributed by atoms with E-state index in [2.05, 4.69) is 32.1 Å². The molecule has 4 heteroatoms. The molecule has 1 atom stereocenters. The van der Waals surface area contributed by atoms with Crippen LogP contribution in [0.4, 0.5) is 0 Å². The van der Waals surface area contributed by atoms with E-state index in [9.17, 15) is 9.90 Å². The molecule has 1 aliphatic heterocycles. The van der Waals surface area contributed by atoms with E-state index in [1.54, 1.807) is 13.2 Å². The van der Waals surface area contributed by atoms with Gasteiger partial charge in [0.15, 0.2) is 6.10 Å². The molecule has 0 spiro atoms. The lowest BCUT2D eigenvalue weighted by Crippen LogP contribution is -2.12. The van der Waals surface area contributed by atoms with Gasteiger partial charge in [0, 0.05) is 6.42 Å². The zero-order valence-electron chi connectivity index (χ0n) is 18.2. The largest absolute Gasteiger partial charge is 0.508 e. The van der Waals surface area contributed by atoms with Gasteiger partial charge in [-0.05, 0) is 77.8 Å². The molecule has 0 unspecified atom stereocenters. The fourth-order valence-corrected chi connectivity index (χ4v) is 3.35. The molecule has 1 aromatic heterocycles. The van der Waals surface area contributed by atoms with Crippen molar-refractivity contribution in [2.45, 2.75) is 78.7 Å². The molecule has 1 aliphatic rings. The Morgan fingerprint density at radius 1 is 1.03 bits per heavy atom. The Kier molecular flexibility index (Phi) is 9.04. The van der Waals surface area contributed by atoms with Gasteiger partial charge in [0.1, 0.15) is 5.76 Å². The molecule has 0 fully saturated rings. The lowest BCUT2D eigenvalue weighted by Gasteiger charge is -2.10. The van der Waals surface area contributed by atoms with Crippen molar-refractivity contribution in [2.75, 3.05) is 0 Å². The van der Waals surface area contributed by atoms with E-state index in [-0.39, 0.29) is 5.76 Å². The standard InChI is InChI=1S/C25H34O4/c1-18(8-5-9-19(2)11-7-13-22-14-15-28-17-22)10-6-12-20(3)16-23-24(26)21(4)25(27)29-23/h8,11-12,14-15,17,23,26H,5-7,9-10,13,16H2,1-4H3/b18-8+,19-11+,20-12-/t23-/m1/s1. The summed E-state index contributed by atoms with van der Waals surface area (Å²) >= 11 is 0. The molecule has 0 aromatic carbocycles. The van der Waals surface area contributed by atoms with Gasteiger partial charge in [-0.3, -0.25) is 0 Å². The van der Waals surface area contributed by atoms with Crippen LogP contribution in [0, 0.1) is 0 Å². The summed E-state index contributed by atoms with van der Waals surface area (Å²) in [6.45, 7) is 8.00. The smallest absolute Gasteiger partial charge is 0.338 e. The number of esters is 1. The Bertz CT molecular complexity index is 791. The quantitative estimate of drug-likeness (QED) is 0.330. The molecule has 2 heterocycles. The van der Waals surface area contributed by atoms with Gasteiger partial charge in [0.2, 0.25) is 0 Å². The minimum absolute atomic E-state index is 0.0759. The second-order valence-corrected chi connectivity index (χ2v) is 8.01. The maximum Gasteiger partial charge on any atom is 0.338 e. The predicted octanol–water partition coefficient (Wildman–Crippen LogP) is 6.76. The van der Waals surface area contributed by atoms with Crippen molar-refractivity contribution in [3.8, 4) is 0 Å². The Balaban J connectivity index is 1.65. The molecule has 0 radical (unpaired) electrons. The number of ether oxygens (including phenoxy) is 1. The summed E-state index contributed by atoms with van der Waals surface area (Å²) < 4.78 is 10.3. The van der Waals surface area contributed by atoms with E-state index in [0.717, 1.165) is 44.1 Å². The third-order valence-electron chi connectivity index (χ3n) is 5.32. The molecule has 0 saturated carbocycles. The van der Waals surface area contributed by atoms with E-state index in [1.165, 1.54) is 16.7 Å². The predicted molar refractivity (Wildman–Crippen MR) is 117 cm³/mol. The van der Waals surface area contributed by atoms with Crippen LogP contribution in [0.15, 0.2) is 69.3 Å². The normalized spacial score (nSPS) is 18.6. The zero-order chi connectivity index (χ0) is 21.2. The first kappa shape index (κ1) is 22.8. The summed E-state index contributed by atoms with van der Waals surface area (Å²) in [5, 5.41) is 9.92. The second-order valence-electron chi connectivity index (χ2n) is 8.01. The number of aryl methyl sites for hydroxylation is 1. The Morgan fingerprint density at radius 2 is 1.66 bits per heavy atom. The van der Waals surface area contributed by atoms with Gasteiger partial charge in [-0.25, -0.2) is 4.79 Å². The first-order chi connectivity index (χ1) is 13.9. The first-order valence-electron chi connectivity index (χ1n) is 10.5. The lowest BCUT2D eigenvalue weighted by atomic mass is 10.0. The van der Waals surface area contributed by atoms with E-state index in [0.29, 0.717) is 12.0 Å². The average molecular weight is 399 g/mol. The van der Waals surface area contributed by atoms with E-state index < -0.39 is 12.1 Å². The SMILES string of the molecule is CC1=C(O)[C@@H](C/C(C)=C\CC/C(C)=C/CC/C(C)=C/CCc2ccoc2)OC1=O. The second kappa shape index (κ2) is 11.5. The summed E-state index contributed by atoms with van der Waals surface area (Å²) in [5.41, 5.74) is 5.54. The van der Waals surface area contributed by atoms with Crippen molar-refractivity contribution in [1.82, 2.24) is 0 Å². The summed E-state index contributed by atoms with van der Waals surface area (Å²) in [6.07, 6.45) is 16.6. The Labute approximate surface area is 174 Å². The highest BCUT2D eigenvalue weighted by Gasteiger charge is 2.31. The molecule has 0 saturated heterocycles. The van der Waals surface area contributed by atoms with Crippen molar-refractivity contribution in [3.63, 3.8) is 0 Å². The van der Waals surface area contributed by atoms with Crippen LogP contribution in [-0.2, 0) is 16.0 Å². The average Bonchev–Trinajstić information content (AvgIpc) is 3.27. The Morgan fingerprint density at radius 3 is 2.21 bits per heavy atom. The van der Waals surface area contributed by atoms with Crippen LogP contribution < -0.4 is 0 Å². The van der Waals surface area contributed by atoms with Crippen LogP contribution in [0.5, 0.6) is 0 Å². The molecular weight excluding hydrogens is 364 g/mol. The van der Waals surface area contributed by atoms with Gasteiger partial charge < -0.3 is 14.3 Å².